The number of carbonyl (C=O) groups excluding carboxylic acids is 1. The van der Waals surface area contributed by atoms with Gasteiger partial charge < -0.3 is 10.5 Å². The zero-order valence-electron chi connectivity index (χ0n) is 5.43. The van der Waals surface area contributed by atoms with E-state index >= 15 is 0 Å². The first-order valence-corrected chi connectivity index (χ1v) is 3.11. The average molecular weight is 130 g/mol. The van der Waals surface area contributed by atoms with E-state index in [0.29, 0.717) is 13.2 Å². The highest BCUT2D eigenvalue weighted by Crippen LogP contribution is 1.91. The summed E-state index contributed by atoms with van der Waals surface area (Å²) < 4.78 is 4.33. The molecule has 0 unspecified atom stereocenters. The van der Waals surface area contributed by atoms with Crippen LogP contribution in [0.1, 0.15) is 19.3 Å². The van der Waals surface area contributed by atoms with E-state index in [0.717, 1.165) is 19.3 Å². The van der Waals surface area contributed by atoms with Crippen molar-refractivity contribution in [2.45, 2.75) is 19.3 Å². The van der Waals surface area contributed by atoms with Crippen LogP contribution in [-0.2, 0) is 9.53 Å². The number of hydrogen-bond donors (Lipinski definition) is 1. The van der Waals surface area contributed by atoms with E-state index in [-0.39, 0.29) is 0 Å². The lowest BCUT2D eigenvalue weighted by atomic mass is 10.2. The Morgan fingerprint density at radius 3 is 2.67 bits per heavy atom. The molecule has 3 nitrogen and oxygen atoms in total. The summed E-state index contributed by atoms with van der Waals surface area (Å²) in [6, 6.07) is 0. The number of ether oxygens (including phenoxy) is 1. The molecule has 53 valence electrons. The van der Waals surface area contributed by atoms with Crippen LogP contribution in [0.15, 0.2) is 0 Å². The molecule has 0 aromatic rings. The van der Waals surface area contributed by atoms with E-state index in [2.05, 4.69) is 4.74 Å². The number of unbranched alkanes of at least 4 members (excludes halogenated alkanes) is 2. The van der Waals surface area contributed by atoms with E-state index in [1.807, 2.05) is 0 Å². The maximum absolute atomic E-state index is 9.47. The number of rotatable bonds is 6. The van der Waals surface area contributed by atoms with Crippen LogP contribution in [0, 0.1) is 0 Å². The van der Waals surface area contributed by atoms with Crippen LogP contribution in [0.3, 0.4) is 0 Å². The summed E-state index contributed by atoms with van der Waals surface area (Å²) in [5.74, 6) is 0. The summed E-state index contributed by atoms with van der Waals surface area (Å²) >= 11 is 0. The van der Waals surface area contributed by atoms with Gasteiger partial charge in [0.05, 0.1) is 6.61 Å². The van der Waals surface area contributed by atoms with E-state index < -0.39 is 0 Å². The average Bonchev–Trinajstić information content (AvgIpc) is 1.89. The van der Waals surface area contributed by atoms with Crippen LogP contribution < -0.4 is 5.73 Å². The maximum atomic E-state index is 9.47. The largest absolute Gasteiger partial charge is 0.457 e. The summed E-state index contributed by atoms with van der Waals surface area (Å²) in [4.78, 5) is 9.47. The van der Waals surface area contributed by atoms with Crippen LogP contribution >= 0.6 is 0 Å². The Labute approximate surface area is 55.2 Å². The zero-order chi connectivity index (χ0) is 6.95. The summed E-state index contributed by atoms with van der Waals surface area (Å²) in [7, 11) is 0. The van der Waals surface area contributed by atoms with Gasteiger partial charge in [0.25, 0.3) is 0 Å². The van der Waals surface area contributed by atoms with E-state index in [1.165, 1.54) is 6.47 Å². The molecule has 2 N–H and O–H groups in total. The normalized spacial score (nSPS) is 9.00. The SMILES string of the molecule is NCCCCCO[C]=O. The lowest BCUT2D eigenvalue weighted by molar-refractivity contribution is 0.269. The van der Waals surface area contributed by atoms with Gasteiger partial charge in [-0.15, -0.1) is 0 Å². The van der Waals surface area contributed by atoms with Crippen LogP contribution in [0.4, 0.5) is 0 Å². The van der Waals surface area contributed by atoms with Crippen LogP contribution in [0.5, 0.6) is 0 Å². The minimum absolute atomic E-state index is 0.476. The van der Waals surface area contributed by atoms with Gasteiger partial charge in [-0.1, -0.05) is 0 Å². The van der Waals surface area contributed by atoms with Crippen molar-refractivity contribution < 1.29 is 9.53 Å². The lowest BCUT2D eigenvalue weighted by Crippen LogP contribution is -1.99. The summed E-state index contributed by atoms with van der Waals surface area (Å²) in [5.41, 5.74) is 5.23. The molecular formula is C6H12NO2. The highest BCUT2D eigenvalue weighted by molar-refractivity contribution is 5.37. The van der Waals surface area contributed by atoms with Crippen LogP contribution in [0.2, 0.25) is 0 Å². The molecule has 0 aliphatic carbocycles. The van der Waals surface area contributed by atoms with Crippen molar-refractivity contribution in [3.8, 4) is 0 Å². The van der Waals surface area contributed by atoms with Gasteiger partial charge in [-0.25, -0.2) is 4.79 Å². The van der Waals surface area contributed by atoms with Gasteiger partial charge in [-0.2, -0.15) is 0 Å². The molecule has 0 rings (SSSR count). The second-order valence-corrected chi connectivity index (χ2v) is 1.78. The molecule has 0 aromatic heterocycles. The predicted molar refractivity (Wildman–Crippen MR) is 34.6 cm³/mol. The molecule has 0 fully saturated rings. The van der Waals surface area contributed by atoms with Crippen molar-refractivity contribution in [2.75, 3.05) is 13.2 Å². The zero-order valence-corrected chi connectivity index (χ0v) is 5.43. The first kappa shape index (κ1) is 8.43. The fourth-order valence-corrected chi connectivity index (χ4v) is 0.537. The van der Waals surface area contributed by atoms with Gasteiger partial charge in [0, 0.05) is 0 Å². The van der Waals surface area contributed by atoms with E-state index in [9.17, 15) is 4.79 Å². The second-order valence-electron chi connectivity index (χ2n) is 1.78. The third kappa shape index (κ3) is 7.43. The Hall–Kier alpha value is -0.570. The van der Waals surface area contributed by atoms with Crippen molar-refractivity contribution in [3.63, 3.8) is 0 Å². The maximum Gasteiger partial charge on any atom is 0.417 e. The molecule has 0 saturated carbocycles. The van der Waals surface area contributed by atoms with Crippen molar-refractivity contribution in [2.24, 2.45) is 5.73 Å². The number of hydrogen-bond acceptors (Lipinski definition) is 3. The van der Waals surface area contributed by atoms with Crippen molar-refractivity contribution >= 4 is 6.47 Å². The van der Waals surface area contributed by atoms with Gasteiger partial charge >= 0.3 is 6.47 Å². The highest BCUT2D eigenvalue weighted by atomic mass is 16.5. The van der Waals surface area contributed by atoms with Gasteiger partial charge in [0.1, 0.15) is 0 Å². The topological polar surface area (TPSA) is 52.3 Å². The van der Waals surface area contributed by atoms with E-state index in [1.54, 1.807) is 0 Å². The molecule has 9 heavy (non-hydrogen) atoms. The summed E-state index contributed by atoms with van der Waals surface area (Å²) in [5, 5.41) is 0. The highest BCUT2D eigenvalue weighted by Gasteiger charge is 1.86. The molecule has 0 aromatic carbocycles. The van der Waals surface area contributed by atoms with Gasteiger partial charge in [0.2, 0.25) is 0 Å². The molecule has 0 saturated heterocycles. The van der Waals surface area contributed by atoms with Gasteiger partial charge in [-0.3, -0.25) is 0 Å². The third-order valence-electron chi connectivity index (χ3n) is 1.01. The monoisotopic (exact) mass is 130 g/mol. The van der Waals surface area contributed by atoms with E-state index in [4.69, 9.17) is 5.73 Å². The third-order valence-corrected chi connectivity index (χ3v) is 1.01. The summed E-state index contributed by atoms with van der Waals surface area (Å²) in [6.45, 7) is 2.55. The fraction of sp³-hybridized carbons (Fsp3) is 0.833. The molecule has 1 radical (unpaired) electrons. The number of nitrogens with two attached hydrogens (primary N) is 1. The standard InChI is InChI=1S/C6H12NO2/c7-4-2-1-3-5-9-6-8/h1-5,7H2. The first-order chi connectivity index (χ1) is 4.41. The molecule has 0 heterocycles. The second kappa shape index (κ2) is 7.43. The van der Waals surface area contributed by atoms with Crippen molar-refractivity contribution in [3.05, 3.63) is 0 Å². The molecule has 3 heteroatoms. The van der Waals surface area contributed by atoms with Gasteiger partial charge in [-0.05, 0) is 25.8 Å². The quantitative estimate of drug-likeness (QED) is 0.522. The molecule has 0 aliphatic rings. The molecule has 0 spiro atoms. The summed E-state index contributed by atoms with van der Waals surface area (Å²) in [6.07, 6.45) is 2.92. The Bertz CT molecular complexity index is 66.1. The molecule has 0 bridgehead atoms. The Morgan fingerprint density at radius 2 is 2.11 bits per heavy atom. The van der Waals surface area contributed by atoms with Crippen molar-refractivity contribution in [1.82, 2.24) is 0 Å². The molecular weight excluding hydrogens is 118 g/mol. The molecule has 0 atom stereocenters. The Morgan fingerprint density at radius 1 is 1.33 bits per heavy atom. The van der Waals surface area contributed by atoms with Gasteiger partial charge in [0.15, 0.2) is 0 Å². The fourth-order valence-electron chi connectivity index (χ4n) is 0.537. The molecule has 0 aliphatic heterocycles. The lowest BCUT2D eigenvalue weighted by Gasteiger charge is -1.95. The van der Waals surface area contributed by atoms with Crippen LogP contribution in [-0.4, -0.2) is 19.6 Å². The van der Waals surface area contributed by atoms with Crippen molar-refractivity contribution in [1.29, 1.82) is 0 Å². The molecule has 0 amide bonds. The Balaban J connectivity index is 2.66. The first-order valence-electron chi connectivity index (χ1n) is 3.11. The minimum atomic E-state index is 0.476. The van der Waals surface area contributed by atoms with Crippen LogP contribution in [0.25, 0.3) is 0 Å². The minimum Gasteiger partial charge on any atom is -0.457 e. The smallest absolute Gasteiger partial charge is 0.417 e. The Kier molecular flexibility index (Phi) is 6.96. The predicted octanol–water partition coefficient (Wildman–Crippen LogP) is 0.199.